The van der Waals surface area contributed by atoms with E-state index in [2.05, 4.69) is 10.3 Å². The zero-order valence-corrected chi connectivity index (χ0v) is 6.70. The van der Waals surface area contributed by atoms with Gasteiger partial charge in [0.2, 0.25) is 0 Å². The molecule has 5 heteroatoms. The van der Waals surface area contributed by atoms with Gasteiger partial charge in [-0.1, -0.05) is 6.92 Å². The largest absolute Gasteiger partial charge is 0.476 e. The molecule has 0 saturated heterocycles. The first-order chi connectivity index (χ1) is 5.74. The van der Waals surface area contributed by atoms with Gasteiger partial charge in [0.1, 0.15) is 6.26 Å². The molecule has 0 unspecified atom stereocenters. The molecule has 0 amide bonds. The number of carbonyl (C=O) groups is 1. The van der Waals surface area contributed by atoms with Gasteiger partial charge < -0.3 is 14.8 Å². The number of aromatic nitrogens is 1. The minimum absolute atomic E-state index is 0.0754. The Morgan fingerprint density at radius 3 is 3.08 bits per heavy atom. The van der Waals surface area contributed by atoms with Gasteiger partial charge in [0.15, 0.2) is 5.69 Å². The second-order valence-corrected chi connectivity index (χ2v) is 2.27. The standard InChI is InChI=1S/C7H10N2O3/c1-2-3-8-7-9-5(4-12-7)6(10)11/h4H,2-3H2,1H3,(H,8,9)(H,10,11). The minimum Gasteiger partial charge on any atom is -0.476 e. The minimum atomic E-state index is -1.08. The summed E-state index contributed by atoms with van der Waals surface area (Å²) in [7, 11) is 0. The van der Waals surface area contributed by atoms with Gasteiger partial charge in [-0.25, -0.2) is 4.79 Å². The second-order valence-electron chi connectivity index (χ2n) is 2.27. The lowest BCUT2D eigenvalue weighted by molar-refractivity contribution is 0.0690. The van der Waals surface area contributed by atoms with Crippen LogP contribution in [0.4, 0.5) is 6.01 Å². The lowest BCUT2D eigenvalue weighted by Gasteiger charge is -1.94. The van der Waals surface area contributed by atoms with Crippen LogP contribution in [0.15, 0.2) is 10.7 Å². The monoisotopic (exact) mass is 170 g/mol. The molecule has 1 aromatic heterocycles. The topological polar surface area (TPSA) is 75.4 Å². The van der Waals surface area contributed by atoms with Gasteiger partial charge in [-0.15, -0.1) is 0 Å². The molecule has 0 spiro atoms. The van der Waals surface area contributed by atoms with Crippen molar-refractivity contribution in [3.63, 3.8) is 0 Å². The fourth-order valence-corrected chi connectivity index (χ4v) is 0.685. The Hall–Kier alpha value is -1.52. The number of anilines is 1. The molecule has 5 nitrogen and oxygen atoms in total. The molecular formula is C7H10N2O3. The Kier molecular flexibility index (Phi) is 2.68. The summed E-state index contributed by atoms with van der Waals surface area (Å²) in [6, 6.07) is 0.259. The van der Waals surface area contributed by atoms with E-state index < -0.39 is 5.97 Å². The quantitative estimate of drug-likeness (QED) is 0.709. The van der Waals surface area contributed by atoms with Crippen LogP contribution in [-0.4, -0.2) is 22.6 Å². The number of hydrogen-bond acceptors (Lipinski definition) is 4. The number of carboxylic acid groups (broad SMARTS) is 1. The van der Waals surface area contributed by atoms with E-state index in [0.29, 0.717) is 0 Å². The molecule has 1 rings (SSSR count). The normalized spacial score (nSPS) is 9.75. The van der Waals surface area contributed by atoms with Gasteiger partial charge in [0.25, 0.3) is 6.01 Å². The van der Waals surface area contributed by atoms with Crippen LogP contribution < -0.4 is 5.32 Å². The molecule has 1 aromatic rings. The average molecular weight is 170 g/mol. The molecule has 0 aliphatic rings. The molecule has 2 N–H and O–H groups in total. The highest BCUT2D eigenvalue weighted by atomic mass is 16.4. The number of aromatic carboxylic acids is 1. The van der Waals surface area contributed by atoms with Crippen LogP contribution in [0.3, 0.4) is 0 Å². The summed E-state index contributed by atoms with van der Waals surface area (Å²) < 4.78 is 4.82. The summed E-state index contributed by atoms with van der Waals surface area (Å²) >= 11 is 0. The van der Waals surface area contributed by atoms with Crippen LogP contribution in [0.25, 0.3) is 0 Å². The van der Waals surface area contributed by atoms with E-state index in [9.17, 15) is 4.79 Å². The highest BCUT2D eigenvalue weighted by Gasteiger charge is 2.08. The van der Waals surface area contributed by atoms with E-state index in [4.69, 9.17) is 9.52 Å². The van der Waals surface area contributed by atoms with Crippen LogP contribution in [0.1, 0.15) is 23.8 Å². The van der Waals surface area contributed by atoms with E-state index in [0.717, 1.165) is 19.2 Å². The number of nitrogens with zero attached hydrogens (tertiary/aromatic N) is 1. The van der Waals surface area contributed by atoms with Crippen molar-refractivity contribution in [3.8, 4) is 0 Å². The molecule has 0 aromatic carbocycles. The Labute approximate surface area is 69.4 Å². The smallest absolute Gasteiger partial charge is 0.357 e. The first kappa shape index (κ1) is 8.58. The summed E-state index contributed by atoms with van der Waals surface area (Å²) in [5.74, 6) is -1.08. The Bertz CT molecular complexity index is 269. The Balaban J connectivity index is 2.58. The fourth-order valence-electron chi connectivity index (χ4n) is 0.685. The predicted molar refractivity (Wildman–Crippen MR) is 42.2 cm³/mol. The van der Waals surface area contributed by atoms with Crippen molar-refractivity contribution in [3.05, 3.63) is 12.0 Å². The van der Waals surface area contributed by atoms with E-state index >= 15 is 0 Å². The maximum atomic E-state index is 10.3. The summed E-state index contributed by atoms with van der Waals surface area (Å²) in [5.41, 5.74) is -0.0754. The highest BCUT2D eigenvalue weighted by molar-refractivity contribution is 5.85. The molecule has 0 atom stereocenters. The van der Waals surface area contributed by atoms with E-state index in [1.165, 1.54) is 0 Å². The third-order valence-corrected chi connectivity index (χ3v) is 1.25. The third kappa shape index (κ3) is 1.98. The molecule has 66 valence electrons. The van der Waals surface area contributed by atoms with Crippen molar-refractivity contribution in [1.29, 1.82) is 0 Å². The fraction of sp³-hybridized carbons (Fsp3) is 0.429. The SMILES string of the molecule is CCCNc1nc(C(=O)O)co1. The molecule has 0 aliphatic heterocycles. The van der Waals surface area contributed by atoms with E-state index in [-0.39, 0.29) is 11.7 Å². The zero-order chi connectivity index (χ0) is 8.97. The van der Waals surface area contributed by atoms with Gasteiger partial charge >= 0.3 is 5.97 Å². The van der Waals surface area contributed by atoms with E-state index in [1.54, 1.807) is 0 Å². The molecule has 0 saturated carbocycles. The zero-order valence-electron chi connectivity index (χ0n) is 6.70. The van der Waals surface area contributed by atoms with Gasteiger partial charge in [0.05, 0.1) is 0 Å². The first-order valence-electron chi connectivity index (χ1n) is 3.66. The molecule has 1 heterocycles. The van der Waals surface area contributed by atoms with Crippen molar-refractivity contribution in [1.82, 2.24) is 4.98 Å². The van der Waals surface area contributed by atoms with Crippen LogP contribution in [0.5, 0.6) is 0 Å². The lowest BCUT2D eigenvalue weighted by atomic mass is 10.5. The summed E-state index contributed by atoms with van der Waals surface area (Å²) in [5, 5.41) is 11.3. The molecule has 0 aliphatic carbocycles. The molecular weight excluding hydrogens is 160 g/mol. The number of nitrogens with one attached hydrogen (secondary N) is 1. The number of carboxylic acids is 1. The average Bonchev–Trinajstić information content (AvgIpc) is 2.48. The summed E-state index contributed by atoms with van der Waals surface area (Å²) in [6.07, 6.45) is 2.05. The van der Waals surface area contributed by atoms with Gasteiger partial charge in [-0.05, 0) is 6.42 Å². The maximum absolute atomic E-state index is 10.3. The second kappa shape index (κ2) is 3.75. The summed E-state index contributed by atoms with van der Waals surface area (Å²) in [6.45, 7) is 2.72. The maximum Gasteiger partial charge on any atom is 0.357 e. The lowest BCUT2D eigenvalue weighted by Crippen LogP contribution is -2.01. The number of oxazole rings is 1. The number of hydrogen-bond donors (Lipinski definition) is 2. The molecule has 0 fully saturated rings. The number of rotatable bonds is 4. The van der Waals surface area contributed by atoms with Crippen molar-refractivity contribution in [2.45, 2.75) is 13.3 Å². The molecule has 12 heavy (non-hydrogen) atoms. The van der Waals surface area contributed by atoms with Crippen molar-refractivity contribution in [2.75, 3.05) is 11.9 Å². The van der Waals surface area contributed by atoms with Crippen LogP contribution in [0, 0.1) is 0 Å². The first-order valence-corrected chi connectivity index (χ1v) is 3.66. The summed E-state index contributed by atoms with van der Waals surface area (Å²) in [4.78, 5) is 14.0. The van der Waals surface area contributed by atoms with Crippen LogP contribution in [0.2, 0.25) is 0 Å². The van der Waals surface area contributed by atoms with Gasteiger partial charge in [-0.2, -0.15) is 4.98 Å². The Morgan fingerprint density at radius 1 is 1.83 bits per heavy atom. The van der Waals surface area contributed by atoms with E-state index in [1.807, 2.05) is 6.92 Å². The van der Waals surface area contributed by atoms with Crippen LogP contribution >= 0.6 is 0 Å². The van der Waals surface area contributed by atoms with Crippen molar-refractivity contribution in [2.24, 2.45) is 0 Å². The van der Waals surface area contributed by atoms with Gasteiger partial charge in [-0.3, -0.25) is 0 Å². The predicted octanol–water partition coefficient (Wildman–Crippen LogP) is 1.19. The molecule has 0 radical (unpaired) electrons. The van der Waals surface area contributed by atoms with Crippen molar-refractivity contribution >= 4 is 12.0 Å². The molecule has 0 bridgehead atoms. The highest BCUT2D eigenvalue weighted by Crippen LogP contribution is 2.06. The van der Waals surface area contributed by atoms with Crippen molar-refractivity contribution < 1.29 is 14.3 Å². The van der Waals surface area contributed by atoms with Gasteiger partial charge in [0, 0.05) is 6.54 Å². The Morgan fingerprint density at radius 2 is 2.58 bits per heavy atom. The van der Waals surface area contributed by atoms with Crippen LogP contribution in [-0.2, 0) is 0 Å². The third-order valence-electron chi connectivity index (χ3n) is 1.25.